The first-order chi connectivity index (χ1) is 16.0. The summed E-state index contributed by atoms with van der Waals surface area (Å²) in [4.78, 5) is 20.1. The van der Waals surface area contributed by atoms with Crippen molar-refractivity contribution in [2.75, 3.05) is 13.2 Å². The van der Waals surface area contributed by atoms with Crippen LogP contribution in [0.25, 0.3) is 0 Å². The van der Waals surface area contributed by atoms with E-state index >= 15 is 0 Å². The molecule has 34 heavy (non-hydrogen) atoms. The number of nitrogens with zero attached hydrogens (tertiary/aromatic N) is 4. The molecule has 0 unspecified atom stereocenters. The van der Waals surface area contributed by atoms with Gasteiger partial charge in [0, 0.05) is 11.1 Å². The molecule has 0 fully saturated rings. The lowest BCUT2D eigenvalue weighted by molar-refractivity contribution is -0.142. The molecular weight excluding hydrogens is 507 g/mol. The van der Waals surface area contributed by atoms with Crippen LogP contribution in [0.5, 0.6) is 17.2 Å². The number of hydrogen-bond donors (Lipinski definition) is 1. The quantitative estimate of drug-likeness (QED) is 0.467. The number of benzene rings is 1. The van der Waals surface area contributed by atoms with E-state index < -0.39 is 40.3 Å². The second-order valence-corrected chi connectivity index (χ2v) is 7.35. The highest BCUT2D eigenvalue weighted by atomic mass is 35.5. The summed E-state index contributed by atoms with van der Waals surface area (Å²) < 4.78 is 65.8. The van der Waals surface area contributed by atoms with Gasteiger partial charge in [-0.1, -0.05) is 23.2 Å². The number of rotatable bonds is 7. The molecule has 14 heteroatoms. The first-order valence-electron chi connectivity index (χ1n) is 9.16. The van der Waals surface area contributed by atoms with E-state index in [1.165, 1.54) is 18.3 Å². The number of pyridine rings is 1. The van der Waals surface area contributed by atoms with Crippen LogP contribution in [0.2, 0.25) is 10.0 Å². The number of alkyl halides is 3. The number of hydrogen-bond acceptors (Lipinski definition) is 7. The van der Waals surface area contributed by atoms with Gasteiger partial charge in [-0.25, -0.2) is 9.37 Å². The zero-order valence-electron chi connectivity index (χ0n) is 16.7. The first-order valence-corrected chi connectivity index (χ1v) is 9.92. The fourth-order valence-electron chi connectivity index (χ4n) is 2.69. The summed E-state index contributed by atoms with van der Waals surface area (Å²) in [7, 11) is 0. The van der Waals surface area contributed by atoms with Gasteiger partial charge in [-0.05, 0) is 12.1 Å². The van der Waals surface area contributed by atoms with E-state index in [2.05, 4.69) is 9.97 Å². The van der Waals surface area contributed by atoms with Gasteiger partial charge in [-0.15, -0.1) is 0 Å². The smallest absolute Gasteiger partial charge is 0.437 e. The molecule has 0 aliphatic heterocycles. The average Bonchev–Trinajstić information content (AvgIpc) is 2.77. The Bertz CT molecular complexity index is 1330. The van der Waals surface area contributed by atoms with Gasteiger partial charge < -0.3 is 14.6 Å². The van der Waals surface area contributed by atoms with Crippen molar-refractivity contribution in [1.29, 1.82) is 5.26 Å². The Labute approximate surface area is 198 Å². The zero-order valence-corrected chi connectivity index (χ0v) is 18.2. The van der Waals surface area contributed by atoms with E-state index in [-0.39, 0.29) is 41.2 Å². The molecule has 0 saturated carbocycles. The number of nitriles is 1. The van der Waals surface area contributed by atoms with Gasteiger partial charge in [0.25, 0.3) is 5.56 Å². The Balaban J connectivity index is 2.04. The molecule has 0 saturated heterocycles. The summed E-state index contributed by atoms with van der Waals surface area (Å²) in [5.74, 6) is -3.35. The van der Waals surface area contributed by atoms with Crippen LogP contribution in [0.4, 0.5) is 17.6 Å². The molecule has 0 atom stereocenters. The molecule has 0 amide bonds. The zero-order chi connectivity index (χ0) is 25.0. The highest BCUT2D eigenvalue weighted by Gasteiger charge is 2.39. The van der Waals surface area contributed by atoms with Crippen molar-refractivity contribution in [3.8, 4) is 23.3 Å². The summed E-state index contributed by atoms with van der Waals surface area (Å²) in [6, 6.07) is 4.55. The minimum Gasteiger partial charge on any atom is -0.488 e. The third-order valence-electron chi connectivity index (χ3n) is 4.16. The SMILES string of the molecule is N#Cc1cc(Cl)cc(Oc2c(C(F)(F)F)ncn(Cc3cc(Cl)c(OCCO)cn3)c2=O)c1F. The fraction of sp³-hybridized carbons (Fsp3) is 0.200. The molecule has 0 spiro atoms. The van der Waals surface area contributed by atoms with Gasteiger partial charge >= 0.3 is 6.18 Å². The standard InChI is InChI=1S/C20H12Cl2F4N4O4/c21-11-3-10(6-27)16(23)14(4-11)34-17-18(20(24,25)26)29-9-30(19(17)32)8-12-5-13(22)15(7-28-12)33-2-1-31/h3-5,7,9,31H,1-2,8H2. The Morgan fingerprint density at radius 3 is 2.53 bits per heavy atom. The molecular formula is C20H12Cl2F4N4O4. The predicted octanol–water partition coefficient (Wildman–Crippen LogP) is 4.19. The molecule has 0 aliphatic rings. The van der Waals surface area contributed by atoms with Crippen molar-refractivity contribution in [3.05, 3.63) is 73.9 Å². The highest BCUT2D eigenvalue weighted by molar-refractivity contribution is 6.32. The van der Waals surface area contributed by atoms with Crippen molar-refractivity contribution in [2.45, 2.75) is 12.7 Å². The number of aliphatic hydroxyl groups excluding tert-OH is 1. The molecule has 178 valence electrons. The lowest BCUT2D eigenvalue weighted by atomic mass is 10.2. The van der Waals surface area contributed by atoms with E-state index in [9.17, 15) is 22.4 Å². The summed E-state index contributed by atoms with van der Waals surface area (Å²) >= 11 is 11.8. The first kappa shape index (κ1) is 25.2. The minimum absolute atomic E-state index is 0.0443. The lowest BCUT2D eigenvalue weighted by Gasteiger charge is -2.15. The van der Waals surface area contributed by atoms with E-state index in [0.29, 0.717) is 6.33 Å². The Hall–Kier alpha value is -3.40. The molecule has 8 nitrogen and oxygen atoms in total. The summed E-state index contributed by atoms with van der Waals surface area (Å²) in [5, 5.41) is 17.6. The van der Waals surface area contributed by atoms with Gasteiger partial charge in [0.15, 0.2) is 23.0 Å². The van der Waals surface area contributed by atoms with Crippen molar-refractivity contribution >= 4 is 23.2 Å². The van der Waals surface area contributed by atoms with Crippen LogP contribution in [0.15, 0.2) is 35.5 Å². The van der Waals surface area contributed by atoms with E-state index in [0.717, 1.165) is 16.7 Å². The Morgan fingerprint density at radius 2 is 1.91 bits per heavy atom. The maximum absolute atomic E-state index is 14.4. The molecule has 0 aliphatic carbocycles. The van der Waals surface area contributed by atoms with Gasteiger partial charge in [-0.3, -0.25) is 14.3 Å². The number of aliphatic hydroxyl groups is 1. The van der Waals surface area contributed by atoms with E-state index in [1.54, 1.807) is 0 Å². The minimum atomic E-state index is -5.12. The van der Waals surface area contributed by atoms with Crippen molar-refractivity contribution < 1.29 is 32.1 Å². The van der Waals surface area contributed by atoms with E-state index in [1.807, 2.05) is 0 Å². The van der Waals surface area contributed by atoms with Crippen LogP contribution < -0.4 is 15.0 Å². The van der Waals surface area contributed by atoms with Gasteiger partial charge in [0.2, 0.25) is 5.75 Å². The second-order valence-electron chi connectivity index (χ2n) is 6.51. The topological polar surface area (TPSA) is 110 Å². The van der Waals surface area contributed by atoms with Crippen LogP contribution in [0.1, 0.15) is 17.0 Å². The van der Waals surface area contributed by atoms with E-state index in [4.69, 9.17) is 43.0 Å². The maximum Gasteiger partial charge on any atom is 0.437 e. The van der Waals surface area contributed by atoms with Crippen molar-refractivity contribution in [3.63, 3.8) is 0 Å². The molecule has 2 aromatic heterocycles. The molecule has 3 aromatic rings. The van der Waals surface area contributed by atoms with Crippen LogP contribution in [-0.2, 0) is 12.7 Å². The molecule has 3 rings (SSSR count). The van der Waals surface area contributed by atoms with Crippen LogP contribution in [0.3, 0.4) is 0 Å². The fourth-order valence-corrected chi connectivity index (χ4v) is 3.12. The van der Waals surface area contributed by atoms with Crippen LogP contribution in [-0.4, -0.2) is 32.9 Å². The number of ether oxygens (including phenoxy) is 2. The highest BCUT2D eigenvalue weighted by Crippen LogP contribution is 2.36. The lowest BCUT2D eigenvalue weighted by Crippen LogP contribution is -2.27. The van der Waals surface area contributed by atoms with Gasteiger partial charge in [0.05, 0.1) is 42.0 Å². The predicted molar refractivity (Wildman–Crippen MR) is 111 cm³/mol. The Kier molecular flexibility index (Phi) is 7.61. The second kappa shape index (κ2) is 10.3. The molecule has 2 heterocycles. The van der Waals surface area contributed by atoms with Crippen molar-refractivity contribution in [2.24, 2.45) is 0 Å². The molecule has 1 N–H and O–H groups in total. The monoisotopic (exact) mass is 518 g/mol. The van der Waals surface area contributed by atoms with Gasteiger partial charge in [-0.2, -0.15) is 18.4 Å². The normalized spacial score (nSPS) is 11.2. The summed E-state index contributed by atoms with van der Waals surface area (Å²) in [6.07, 6.45) is -3.29. The molecule has 0 radical (unpaired) electrons. The third kappa shape index (κ3) is 5.56. The molecule has 0 bridgehead atoms. The van der Waals surface area contributed by atoms with Crippen LogP contribution >= 0.6 is 23.2 Å². The Morgan fingerprint density at radius 1 is 1.18 bits per heavy atom. The van der Waals surface area contributed by atoms with Crippen molar-refractivity contribution in [1.82, 2.24) is 14.5 Å². The number of aromatic nitrogens is 3. The average molecular weight is 519 g/mol. The van der Waals surface area contributed by atoms with Crippen LogP contribution in [0, 0.1) is 17.1 Å². The van der Waals surface area contributed by atoms with Gasteiger partial charge in [0.1, 0.15) is 12.7 Å². The third-order valence-corrected chi connectivity index (χ3v) is 4.67. The molecule has 1 aromatic carbocycles. The number of halogens is 6. The maximum atomic E-state index is 14.4. The largest absolute Gasteiger partial charge is 0.488 e. The summed E-state index contributed by atoms with van der Waals surface area (Å²) in [6.45, 7) is -0.685. The summed E-state index contributed by atoms with van der Waals surface area (Å²) in [5.41, 5.74) is -3.46.